The zero-order chi connectivity index (χ0) is 22.6. The predicted octanol–water partition coefficient (Wildman–Crippen LogP) is 3.16. The van der Waals surface area contributed by atoms with Crippen molar-refractivity contribution in [2.75, 3.05) is 13.2 Å². The van der Waals surface area contributed by atoms with E-state index in [9.17, 15) is 28.4 Å². The lowest BCUT2D eigenvalue weighted by molar-refractivity contribution is -0.384. The second-order valence-electron chi connectivity index (χ2n) is 7.25. The van der Waals surface area contributed by atoms with Crippen LogP contribution in [-0.4, -0.2) is 43.7 Å². The summed E-state index contributed by atoms with van der Waals surface area (Å²) in [6, 6.07) is 4.49. The van der Waals surface area contributed by atoms with E-state index in [1.165, 1.54) is 13.3 Å². The van der Waals surface area contributed by atoms with Crippen LogP contribution in [0.4, 0.5) is 5.69 Å². The van der Waals surface area contributed by atoms with Gasteiger partial charge in [0, 0.05) is 38.1 Å². The van der Waals surface area contributed by atoms with Gasteiger partial charge in [0.2, 0.25) is 10.0 Å². The number of nitrogens with zero attached hydrogens (tertiary/aromatic N) is 1. The Kier molecular flexibility index (Phi) is 11.5. The van der Waals surface area contributed by atoms with Crippen molar-refractivity contribution < 1.29 is 28.0 Å². The van der Waals surface area contributed by atoms with Crippen LogP contribution in [0.2, 0.25) is 0 Å². The Balaban J connectivity index is 2.72. The number of non-ortho nitro benzene ring substituents is 1. The summed E-state index contributed by atoms with van der Waals surface area (Å²) in [6.07, 6.45) is 6.24. The Morgan fingerprint density at radius 3 is 2.30 bits per heavy atom. The number of carbonyl (C=O) groups excluding carboxylic acids is 1. The summed E-state index contributed by atoms with van der Waals surface area (Å²) < 4.78 is 32.6. The summed E-state index contributed by atoms with van der Waals surface area (Å²) in [5.41, 5.74) is -0.217. The minimum absolute atomic E-state index is 0.133. The number of hydrogen-bond donors (Lipinski definition) is 2. The number of rotatable bonds is 15. The van der Waals surface area contributed by atoms with E-state index >= 15 is 0 Å². The van der Waals surface area contributed by atoms with Crippen LogP contribution in [-0.2, 0) is 19.6 Å². The third kappa shape index (κ3) is 9.19. The lowest BCUT2D eigenvalue weighted by atomic mass is 9.95. The highest BCUT2D eigenvalue weighted by Crippen LogP contribution is 2.19. The number of ether oxygens (including phenoxy) is 1. The van der Waals surface area contributed by atoms with Crippen LogP contribution in [0, 0.1) is 16.0 Å². The topological polar surface area (TPSA) is 136 Å². The number of aliphatic hydroxyl groups is 1. The first-order valence-electron chi connectivity index (χ1n) is 10.2. The van der Waals surface area contributed by atoms with E-state index in [0.717, 1.165) is 56.4 Å². The lowest BCUT2D eigenvalue weighted by Crippen LogP contribution is -2.40. The maximum atomic E-state index is 12.5. The molecule has 0 aromatic heterocycles. The highest BCUT2D eigenvalue weighted by atomic mass is 32.2. The number of carbonyl (C=O) groups is 1. The molecule has 1 aromatic rings. The molecule has 0 fully saturated rings. The van der Waals surface area contributed by atoms with Gasteiger partial charge in [-0.1, -0.05) is 45.4 Å². The molecule has 0 aliphatic carbocycles. The number of nitrogens with one attached hydrogen (secondary N) is 1. The van der Waals surface area contributed by atoms with Crippen molar-refractivity contribution in [1.29, 1.82) is 0 Å². The normalized spacial score (nSPS) is 13.6. The Labute approximate surface area is 178 Å². The number of nitro benzene ring substituents is 1. The van der Waals surface area contributed by atoms with Crippen LogP contribution >= 0.6 is 0 Å². The summed E-state index contributed by atoms with van der Waals surface area (Å²) in [6.45, 7) is 2.95. The van der Waals surface area contributed by atoms with Crippen molar-refractivity contribution in [1.82, 2.24) is 4.72 Å². The Hall–Kier alpha value is -2.04. The molecule has 1 rings (SSSR count). The minimum atomic E-state index is -3.96. The molecule has 1 aromatic carbocycles. The summed E-state index contributed by atoms with van der Waals surface area (Å²) in [5.74, 6) is -0.949. The number of aliphatic hydroxyl groups excluding tert-OH is 1. The first kappa shape index (κ1) is 26.0. The molecule has 0 radical (unpaired) electrons. The molecule has 0 saturated carbocycles. The van der Waals surface area contributed by atoms with Gasteiger partial charge in [0.25, 0.3) is 5.69 Å². The van der Waals surface area contributed by atoms with Gasteiger partial charge in [-0.3, -0.25) is 14.9 Å². The summed E-state index contributed by atoms with van der Waals surface area (Å²) in [5, 5.41) is 20.5. The van der Waals surface area contributed by atoms with Gasteiger partial charge in [-0.15, -0.1) is 0 Å². The van der Waals surface area contributed by atoms with Gasteiger partial charge in [0.15, 0.2) is 0 Å². The molecule has 30 heavy (non-hydrogen) atoms. The molecule has 10 heteroatoms. The van der Waals surface area contributed by atoms with Crippen LogP contribution in [0.15, 0.2) is 29.2 Å². The average molecular weight is 445 g/mol. The number of benzene rings is 1. The molecule has 0 aliphatic rings. The molecule has 0 bridgehead atoms. The van der Waals surface area contributed by atoms with Crippen molar-refractivity contribution in [2.45, 2.75) is 69.8 Å². The molecule has 0 saturated heterocycles. The van der Waals surface area contributed by atoms with Crippen LogP contribution in [0.5, 0.6) is 0 Å². The highest BCUT2D eigenvalue weighted by Gasteiger charge is 2.26. The Morgan fingerprint density at radius 1 is 1.17 bits per heavy atom. The molecule has 2 N–H and O–H groups in total. The Morgan fingerprint density at radius 2 is 1.77 bits per heavy atom. The maximum Gasteiger partial charge on any atom is 0.302 e. The zero-order valence-electron chi connectivity index (χ0n) is 17.6. The summed E-state index contributed by atoms with van der Waals surface area (Å²) in [4.78, 5) is 21.4. The number of nitro groups is 1. The highest BCUT2D eigenvalue weighted by molar-refractivity contribution is 7.89. The molecule has 170 valence electrons. The molecule has 0 heterocycles. The van der Waals surface area contributed by atoms with Gasteiger partial charge in [-0.2, -0.15) is 0 Å². The lowest BCUT2D eigenvalue weighted by Gasteiger charge is -2.25. The van der Waals surface area contributed by atoms with Crippen molar-refractivity contribution in [2.24, 2.45) is 5.92 Å². The number of sulfonamides is 1. The number of unbranched alkanes of at least 4 members (excludes halogenated alkanes) is 5. The fraction of sp³-hybridized carbons (Fsp3) is 0.650. The maximum absolute atomic E-state index is 12.5. The van der Waals surface area contributed by atoms with E-state index in [2.05, 4.69) is 11.6 Å². The molecule has 9 nitrogen and oxygen atoms in total. The monoisotopic (exact) mass is 444 g/mol. The van der Waals surface area contributed by atoms with Crippen LogP contribution in [0.3, 0.4) is 0 Å². The first-order valence-corrected chi connectivity index (χ1v) is 11.7. The van der Waals surface area contributed by atoms with E-state index in [1.54, 1.807) is 0 Å². The van der Waals surface area contributed by atoms with E-state index in [1.807, 2.05) is 0 Å². The molecular weight excluding hydrogens is 412 g/mol. The van der Waals surface area contributed by atoms with Crippen LogP contribution in [0.1, 0.15) is 58.8 Å². The number of esters is 1. The summed E-state index contributed by atoms with van der Waals surface area (Å²) >= 11 is 0. The van der Waals surface area contributed by atoms with Gasteiger partial charge in [-0.05, 0) is 18.6 Å². The van der Waals surface area contributed by atoms with Crippen LogP contribution in [0.25, 0.3) is 0 Å². The third-order valence-electron chi connectivity index (χ3n) is 4.84. The summed E-state index contributed by atoms with van der Waals surface area (Å²) in [7, 11) is -3.96. The molecule has 2 atom stereocenters. The van der Waals surface area contributed by atoms with Crippen molar-refractivity contribution in [3.63, 3.8) is 0 Å². The van der Waals surface area contributed by atoms with Crippen LogP contribution < -0.4 is 4.72 Å². The quantitative estimate of drug-likeness (QED) is 0.183. The van der Waals surface area contributed by atoms with E-state index in [0.29, 0.717) is 6.42 Å². The standard InChI is InChI=1S/C20H32N2O7S/c1-3-4-5-6-7-8-9-17(15-23)20(29-16(2)24)14-21-30(27,28)19-12-10-18(11-13-19)22(25)26/h10-13,17,20-21,23H,3-9,14-15H2,1-2H3/t17-,20+/m1/s1. The SMILES string of the molecule is CCCCCCCC[C@H](CO)[C@H](CNS(=O)(=O)c1ccc([N+](=O)[O-])cc1)OC(C)=O. The minimum Gasteiger partial charge on any atom is -0.461 e. The fourth-order valence-corrected chi connectivity index (χ4v) is 4.17. The molecule has 0 spiro atoms. The second kappa shape index (κ2) is 13.3. The van der Waals surface area contributed by atoms with E-state index < -0.39 is 27.0 Å². The van der Waals surface area contributed by atoms with E-state index in [4.69, 9.17) is 4.74 Å². The number of hydrogen-bond acceptors (Lipinski definition) is 7. The van der Waals surface area contributed by atoms with Gasteiger partial charge in [0.1, 0.15) is 6.10 Å². The molecule has 0 amide bonds. The second-order valence-corrected chi connectivity index (χ2v) is 9.02. The smallest absolute Gasteiger partial charge is 0.302 e. The molecular formula is C20H32N2O7S. The molecule has 0 unspecified atom stereocenters. The van der Waals surface area contributed by atoms with Gasteiger partial charge in [-0.25, -0.2) is 13.1 Å². The predicted molar refractivity (Wildman–Crippen MR) is 112 cm³/mol. The first-order chi connectivity index (χ1) is 14.2. The largest absolute Gasteiger partial charge is 0.461 e. The fourth-order valence-electron chi connectivity index (χ4n) is 3.12. The third-order valence-corrected chi connectivity index (χ3v) is 6.28. The van der Waals surface area contributed by atoms with Gasteiger partial charge >= 0.3 is 5.97 Å². The van der Waals surface area contributed by atoms with Crippen molar-refractivity contribution in [3.8, 4) is 0 Å². The Bertz CT molecular complexity index is 766. The van der Waals surface area contributed by atoms with E-state index in [-0.39, 0.29) is 29.7 Å². The van der Waals surface area contributed by atoms with Gasteiger partial charge in [0.05, 0.1) is 9.82 Å². The van der Waals surface area contributed by atoms with Crippen molar-refractivity contribution in [3.05, 3.63) is 34.4 Å². The van der Waals surface area contributed by atoms with Gasteiger partial charge < -0.3 is 9.84 Å². The zero-order valence-corrected chi connectivity index (χ0v) is 18.4. The average Bonchev–Trinajstić information content (AvgIpc) is 2.70. The molecule has 0 aliphatic heterocycles. The van der Waals surface area contributed by atoms with Crippen molar-refractivity contribution >= 4 is 21.7 Å².